The molecule has 1 aromatic carbocycles. The Labute approximate surface area is 129 Å². The summed E-state index contributed by atoms with van der Waals surface area (Å²) in [4.78, 5) is 11.4. The second-order valence-corrected chi connectivity index (χ2v) is 5.82. The van der Waals surface area contributed by atoms with Crippen molar-refractivity contribution in [3.05, 3.63) is 33.8 Å². The van der Waals surface area contributed by atoms with Gasteiger partial charge >= 0.3 is 5.97 Å². The predicted molar refractivity (Wildman–Crippen MR) is 79.0 cm³/mol. The van der Waals surface area contributed by atoms with E-state index in [1.807, 2.05) is 6.07 Å². The van der Waals surface area contributed by atoms with Crippen LogP contribution in [0.2, 0.25) is 10.0 Å². The average molecular weight is 317 g/mol. The lowest BCUT2D eigenvalue weighted by atomic mass is 9.87. The van der Waals surface area contributed by atoms with Crippen molar-refractivity contribution < 1.29 is 14.3 Å². The predicted octanol–water partition coefficient (Wildman–Crippen LogP) is 4.24. The highest BCUT2D eigenvalue weighted by atomic mass is 35.5. The van der Waals surface area contributed by atoms with Crippen molar-refractivity contribution in [1.29, 1.82) is 0 Å². The van der Waals surface area contributed by atoms with Crippen LogP contribution in [0.1, 0.15) is 31.2 Å². The molecule has 0 atom stereocenters. The van der Waals surface area contributed by atoms with E-state index in [1.54, 1.807) is 12.1 Å². The third-order valence-corrected chi connectivity index (χ3v) is 4.44. The van der Waals surface area contributed by atoms with Gasteiger partial charge in [0.25, 0.3) is 0 Å². The van der Waals surface area contributed by atoms with Crippen molar-refractivity contribution in [2.75, 3.05) is 7.11 Å². The molecule has 0 N–H and O–H groups in total. The fourth-order valence-corrected chi connectivity index (χ4v) is 3.01. The first-order chi connectivity index (χ1) is 9.61. The Kier molecular flexibility index (Phi) is 5.70. The minimum Gasteiger partial charge on any atom is -0.469 e. The first-order valence-electron chi connectivity index (χ1n) is 6.74. The maximum atomic E-state index is 11.4. The first kappa shape index (κ1) is 15.6. The van der Waals surface area contributed by atoms with Gasteiger partial charge in [0.05, 0.1) is 25.7 Å². The van der Waals surface area contributed by atoms with Gasteiger partial charge in [-0.25, -0.2) is 0 Å². The third-order valence-electron chi connectivity index (χ3n) is 3.73. The van der Waals surface area contributed by atoms with Crippen LogP contribution in [-0.2, 0) is 20.9 Å². The molecule has 0 bridgehead atoms. The number of halogens is 2. The second kappa shape index (κ2) is 7.30. The van der Waals surface area contributed by atoms with Gasteiger partial charge in [-0.05, 0) is 37.8 Å². The zero-order valence-corrected chi connectivity index (χ0v) is 12.9. The molecule has 3 nitrogen and oxygen atoms in total. The molecule has 0 saturated heterocycles. The molecular weight excluding hydrogens is 299 g/mol. The molecular formula is C15H18Cl2O3. The Bertz CT molecular complexity index is 448. The molecule has 20 heavy (non-hydrogen) atoms. The Morgan fingerprint density at radius 1 is 1.20 bits per heavy atom. The lowest BCUT2D eigenvalue weighted by Gasteiger charge is -2.27. The van der Waals surface area contributed by atoms with Crippen LogP contribution in [0.15, 0.2) is 18.2 Å². The maximum absolute atomic E-state index is 11.4. The van der Waals surface area contributed by atoms with E-state index >= 15 is 0 Å². The number of methoxy groups -OCH3 is 1. The molecule has 0 heterocycles. The Morgan fingerprint density at radius 2 is 1.80 bits per heavy atom. The van der Waals surface area contributed by atoms with Crippen LogP contribution < -0.4 is 0 Å². The lowest BCUT2D eigenvalue weighted by molar-refractivity contribution is -0.147. The molecule has 1 aliphatic carbocycles. The number of carbonyl (C=O) groups is 1. The molecule has 2 rings (SSSR count). The highest BCUT2D eigenvalue weighted by Crippen LogP contribution is 2.30. The quantitative estimate of drug-likeness (QED) is 0.779. The maximum Gasteiger partial charge on any atom is 0.308 e. The van der Waals surface area contributed by atoms with E-state index in [9.17, 15) is 4.79 Å². The number of ether oxygens (including phenoxy) is 2. The first-order valence-corrected chi connectivity index (χ1v) is 7.49. The summed E-state index contributed by atoms with van der Waals surface area (Å²) < 4.78 is 10.6. The molecule has 0 radical (unpaired) electrons. The van der Waals surface area contributed by atoms with E-state index in [0.29, 0.717) is 16.7 Å². The molecule has 5 heteroatoms. The Balaban J connectivity index is 1.83. The lowest BCUT2D eigenvalue weighted by Crippen LogP contribution is -2.26. The van der Waals surface area contributed by atoms with E-state index in [-0.39, 0.29) is 18.0 Å². The smallest absolute Gasteiger partial charge is 0.308 e. The van der Waals surface area contributed by atoms with Crippen LogP contribution in [-0.4, -0.2) is 19.2 Å². The zero-order chi connectivity index (χ0) is 14.5. The van der Waals surface area contributed by atoms with Gasteiger partial charge in [-0.1, -0.05) is 29.3 Å². The number of hydrogen-bond acceptors (Lipinski definition) is 3. The van der Waals surface area contributed by atoms with E-state index in [1.165, 1.54) is 7.11 Å². The number of carbonyl (C=O) groups excluding carboxylic acids is 1. The summed E-state index contributed by atoms with van der Waals surface area (Å²) in [6.45, 7) is 0.409. The van der Waals surface area contributed by atoms with Crippen LogP contribution in [0, 0.1) is 5.92 Å². The van der Waals surface area contributed by atoms with Gasteiger partial charge in [0, 0.05) is 15.6 Å². The van der Waals surface area contributed by atoms with Crippen molar-refractivity contribution in [2.24, 2.45) is 5.92 Å². The SMILES string of the molecule is COC(=O)C1CCC(OCc2c(Cl)cccc2Cl)CC1. The van der Waals surface area contributed by atoms with Gasteiger partial charge in [-0.3, -0.25) is 4.79 Å². The molecule has 0 spiro atoms. The van der Waals surface area contributed by atoms with E-state index in [4.69, 9.17) is 32.7 Å². The van der Waals surface area contributed by atoms with Crippen molar-refractivity contribution in [2.45, 2.75) is 38.4 Å². The Morgan fingerprint density at radius 3 is 2.35 bits per heavy atom. The van der Waals surface area contributed by atoms with Crippen molar-refractivity contribution in [1.82, 2.24) is 0 Å². The molecule has 1 aromatic rings. The van der Waals surface area contributed by atoms with E-state index in [0.717, 1.165) is 31.2 Å². The summed E-state index contributed by atoms with van der Waals surface area (Å²) in [5.74, 6) is -0.0960. The van der Waals surface area contributed by atoms with Crippen LogP contribution in [0.4, 0.5) is 0 Å². The summed E-state index contributed by atoms with van der Waals surface area (Å²) in [5, 5.41) is 1.25. The highest BCUT2D eigenvalue weighted by Gasteiger charge is 2.27. The van der Waals surface area contributed by atoms with Crippen molar-refractivity contribution in [3.63, 3.8) is 0 Å². The molecule has 1 aliphatic rings. The molecule has 0 aromatic heterocycles. The summed E-state index contributed by atoms with van der Waals surface area (Å²) >= 11 is 12.2. The summed E-state index contributed by atoms with van der Waals surface area (Å²) in [5.41, 5.74) is 0.825. The van der Waals surface area contributed by atoms with Gasteiger partial charge in [0.2, 0.25) is 0 Å². The van der Waals surface area contributed by atoms with E-state index in [2.05, 4.69) is 0 Å². The number of benzene rings is 1. The molecule has 0 aliphatic heterocycles. The van der Waals surface area contributed by atoms with Gasteiger partial charge in [0.1, 0.15) is 0 Å². The largest absolute Gasteiger partial charge is 0.469 e. The second-order valence-electron chi connectivity index (χ2n) is 5.01. The Hall–Kier alpha value is -0.770. The van der Waals surface area contributed by atoms with Gasteiger partial charge in [0.15, 0.2) is 0 Å². The number of rotatable bonds is 4. The molecule has 0 unspecified atom stereocenters. The van der Waals surface area contributed by atoms with Crippen LogP contribution in [0.25, 0.3) is 0 Å². The van der Waals surface area contributed by atoms with Crippen molar-refractivity contribution in [3.8, 4) is 0 Å². The summed E-state index contributed by atoms with van der Waals surface area (Å²) in [6.07, 6.45) is 3.51. The summed E-state index contributed by atoms with van der Waals surface area (Å²) in [6, 6.07) is 5.43. The fraction of sp³-hybridized carbons (Fsp3) is 0.533. The van der Waals surface area contributed by atoms with E-state index < -0.39 is 0 Å². The summed E-state index contributed by atoms with van der Waals surface area (Å²) in [7, 11) is 1.43. The zero-order valence-electron chi connectivity index (χ0n) is 11.4. The van der Waals surface area contributed by atoms with Gasteiger partial charge in [-0.2, -0.15) is 0 Å². The molecule has 1 fully saturated rings. The standard InChI is InChI=1S/C15H18Cl2O3/c1-19-15(18)10-5-7-11(8-6-10)20-9-12-13(16)3-2-4-14(12)17/h2-4,10-11H,5-9H2,1H3. The van der Waals surface area contributed by atoms with Gasteiger partial charge in [-0.15, -0.1) is 0 Å². The highest BCUT2D eigenvalue weighted by molar-refractivity contribution is 6.35. The molecule has 0 amide bonds. The van der Waals surface area contributed by atoms with Crippen LogP contribution in [0.5, 0.6) is 0 Å². The van der Waals surface area contributed by atoms with Crippen LogP contribution >= 0.6 is 23.2 Å². The number of hydrogen-bond donors (Lipinski definition) is 0. The topological polar surface area (TPSA) is 35.5 Å². The monoisotopic (exact) mass is 316 g/mol. The minimum absolute atomic E-state index is 0.0174. The average Bonchev–Trinajstić information content (AvgIpc) is 2.46. The number of esters is 1. The van der Waals surface area contributed by atoms with Gasteiger partial charge < -0.3 is 9.47 Å². The van der Waals surface area contributed by atoms with Crippen LogP contribution in [0.3, 0.4) is 0 Å². The fourth-order valence-electron chi connectivity index (χ4n) is 2.50. The molecule has 1 saturated carbocycles. The third kappa shape index (κ3) is 3.87. The minimum atomic E-state index is -0.113. The molecule has 110 valence electrons. The normalized spacial score (nSPS) is 22.6. The van der Waals surface area contributed by atoms with Crippen molar-refractivity contribution >= 4 is 29.2 Å².